The van der Waals surface area contributed by atoms with Gasteiger partial charge in [0.1, 0.15) is 16.2 Å². The number of hydrogen-bond acceptors (Lipinski definition) is 6. The number of hydrogen-bond donors (Lipinski definition) is 1. The Morgan fingerprint density at radius 2 is 1.81 bits per heavy atom. The monoisotopic (exact) mass is 491 g/mol. The minimum atomic E-state index is -0.778. The maximum Gasteiger partial charge on any atom is 0.411 e. The molecule has 0 bridgehead atoms. The second kappa shape index (κ2) is 8.70. The summed E-state index contributed by atoms with van der Waals surface area (Å²) in [6.07, 6.45) is 1.05. The molecule has 1 fully saturated rings. The molecular weight excluding hydrogens is 466 g/mol. The first kappa shape index (κ1) is 22.8. The molecular formula is C21H26BrN5O4. The van der Waals surface area contributed by atoms with E-state index in [1.807, 2.05) is 0 Å². The third-order valence-electron chi connectivity index (χ3n) is 4.76. The molecule has 1 atom stereocenters. The van der Waals surface area contributed by atoms with E-state index in [4.69, 9.17) is 4.74 Å². The summed E-state index contributed by atoms with van der Waals surface area (Å²) in [6, 6.07) is 6.21. The van der Waals surface area contributed by atoms with Crippen molar-refractivity contribution >= 4 is 39.4 Å². The highest BCUT2D eigenvalue weighted by molar-refractivity contribution is 9.10. The van der Waals surface area contributed by atoms with Crippen molar-refractivity contribution in [1.29, 1.82) is 0 Å². The van der Waals surface area contributed by atoms with Gasteiger partial charge in [0, 0.05) is 39.1 Å². The van der Waals surface area contributed by atoms with Crippen molar-refractivity contribution in [2.45, 2.75) is 32.4 Å². The first-order valence-electron chi connectivity index (χ1n) is 9.81. The van der Waals surface area contributed by atoms with Crippen molar-refractivity contribution in [1.82, 2.24) is 19.4 Å². The Bertz CT molecular complexity index is 1050. The van der Waals surface area contributed by atoms with Crippen molar-refractivity contribution in [3.63, 3.8) is 0 Å². The van der Waals surface area contributed by atoms with Gasteiger partial charge in [0.2, 0.25) is 5.91 Å². The second-order valence-corrected chi connectivity index (χ2v) is 9.22. The minimum Gasteiger partial charge on any atom is -0.444 e. The summed E-state index contributed by atoms with van der Waals surface area (Å²) in [5.74, 6) is -0.00572. The molecule has 2 aromatic rings. The lowest BCUT2D eigenvalue weighted by Gasteiger charge is -2.39. The third-order valence-corrected chi connectivity index (χ3v) is 5.14. The zero-order valence-electron chi connectivity index (χ0n) is 18.2. The number of carbonyl (C=O) groups excluding carboxylic acids is 2. The van der Waals surface area contributed by atoms with Crippen molar-refractivity contribution in [3.05, 3.63) is 51.0 Å². The summed E-state index contributed by atoms with van der Waals surface area (Å²) < 4.78 is 7.45. The van der Waals surface area contributed by atoms with Crippen LogP contribution in [0, 0.1) is 0 Å². The molecule has 31 heavy (non-hydrogen) atoms. The van der Waals surface area contributed by atoms with Crippen LogP contribution in [0.3, 0.4) is 0 Å². The van der Waals surface area contributed by atoms with Gasteiger partial charge in [-0.2, -0.15) is 0 Å². The smallest absolute Gasteiger partial charge is 0.411 e. The molecule has 0 unspecified atom stereocenters. The van der Waals surface area contributed by atoms with Gasteiger partial charge >= 0.3 is 6.09 Å². The summed E-state index contributed by atoms with van der Waals surface area (Å²) >= 11 is 3.27. The summed E-state index contributed by atoms with van der Waals surface area (Å²) in [6.45, 7) is 6.18. The maximum absolute atomic E-state index is 12.9. The molecule has 0 saturated carbocycles. The number of halogens is 1. The van der Waals surface area contributed by atoms with Crippen molar-refractivity contribution in [2.75, 3.05) is 25.5 Å². The molecule has 1 aromatic heterocycles. The Morgan fingerprint density at radius 3 is 2.42 bits per heavy atom. The molecule has 9 nitrogen and oxygen atoms in total. The van der Waals surface area contributed by atoms with Crippen LogP contribution in [0.2, 0.25) is 0 Å². The predicted octanol–water partition coefficient (Wildman–Crippen LogP) is 3.04. The number of amides is 2. The summed E-state index contributed by atoms with van der Waals surface area (Å²) in [5, 5.41) is 2.99. The van der Waals surface area contributed by atoms with Crippen LogP contribution >= 0.6 is 15.9 Å². The topological polar surface area (TPSA) is 96.8 Å². The molecule has 1 aromatic carbocycles. The van der Waals surface area contributed by atoms with Gasteiger partial charge in [-0.1, -0.05) is 12.1 Å². The van der Waals surface area contributed by atoms with Crippen LogP contribution in [0.25, 0.3) is 0 Å². The molecule has 166 valence electrons. The number of piperazine rings is 1. The van der Waals surface area contributed by atoms with E-state index in [1.165, 1.54) is 9.47 Å². The molecule has 0 aliphatic carbocycles. The van der Waals surface area contributed by atoms with Crippen LogP contribution in [0.1, 0.15) is 32.4 Å². The molecule has 2 amide bonds. The van der Waals surface area contributed by atoms with Crippen LogP contribution in [-0.2, 0) is 16.6 Å². The Balaban J connectivity index is 1.87. The summed E-state index contributed by atoms with van der Waals surface area (Å²) in [5.41, 5.74) is 0.354. The number of nitrogens with zero attached hydrogens (tertiary/aromatic N) is 4. The maximum atomic E-state index is 12.9. The van der Waals surface area contributed by atoms with Crippen molar-refractivity contribution in [2.24, 2.45) is 7.05 Å². The van der Waals surface area contributed by atoms with Gasteiger partial charge < -0.3 is 19.5 Å². The lowest BCUT2D eigenvalue weighted by Crippen LogP contribution is -2.53. The number of carbonyl (C=O) groups is 2. The SMILES string of the molecule is CN1CCN(C(=O)OC(C)(C)C)[C@@H](c2ccc(Nc3nc(Br)cn(C)c3=O)cc2)C1=O. The molecule has 1 saturated heterocycles. The Morgan fingerprint density at radius 1 is 1.16 bits per heavy atom. The Hall–Kier alpha value is -2.88. The van der Waals surface area contributed by atoms with Gasteiger partial charge in [0.05, 0.1) is 0 Å². The quantitative estimate of drug-likeness (QED) is 0.708. The van der Waals surface area contributed by atoms with Crippen LogP contribution < -0.4 is 10.9 Å². The number of aryl methyl sites for hydroxylation is 1. The zero-order chi connectivity index (χ0) is 22.9. The first-order valence-corrected chi connectivity index (χ1v) is 10.6. The molecule has 1 aliphatic rings. The number of aromatic nitrogens is 2. The Labute approximate surface area is 189 Å². The van der Waals surface area contributed by atoms with E-state index < -0.39 is 17.7 Å². The lowest BCUT2D eigenvalue weighted by molar-refractivity contribution is -0.140. The number of rotatable bonds is 3. The fourth-order valence-electron chi connectivity index (χ4n) is 3.21. The van der Waals surface area contributed by atoms with E-state index in [0.717, 1.165) is 0 Å². The van der Waals surface area contributed by atoms with Gasteiger partial charge in [-0.15, -0.1) is 0 Å². The number of anilines is 2. The number of nitrogens with one attached hydrogen (secondary N) is 1. The van der Waals surface area contributed by atoms with E-state index in [9.17, 15) is 14.4 Å². The van der Waals surface area contributed by atoms with Crippen molar-refractivity contribution < 1.29 is 14.3 Å². The Kier molecular flexibility index (Phi) is 6.40. The van der Waals surface area contributed by atoms with Gasteiger partial charge in [-0.05, 0) is 54.4 Å². The average Bonchev–Trinajstić information content (AvgIpc) is 2.67. The third kappa shape index (κ3) is 5.25. The number of likely N-dealkylation sites (N-methyl/N-ethyl adjacent to an activating group) is 1. The highest BCUT2D eigenvalue weighted by Gasteiger charge is 2.39. The van der Waals surface area contributed by atoms with E-state index in [-0.39, 0.29) is 17.3 Å². The van der Waals surface area contributed by atoms with Crippen molar-refractivity contribution in [3.8, 4) is 0 Å². The number of ether oxygens (including phenoxy) is 1. The fourth-order valence-corrected chi connectivity index (χ4v) is 3.70. The molecule has 1 aliphatic heterocycles. The predicted molar refractivity (Wildman–Crippen MR) is 120 cm³/mol. The standard InChI is InChI=1S/C21H26BrN5O4/c1-21(2,3)31-20(30)27-11-10-25(4)18(28)16(27)13-6-8-14(9-7-13)23-17-19(29)26(5)12-15(22)24-17/h6-9,12,16H,10-11H2,1-5H3,(H,23,24)/t16-/m0/s1. The zero-order valence-corrected chi connectivity index (χ0v) is 19.8. The summed E-state index contributed by atoms with van der Waals surface area (Å²) in [7, 11) is 3.35. The number of benzene rings is 1. The van der Waals surface area contributed by atoms with E-state index in [0.29, 0.717) is 28.9 Å². The highest BCUT2D eigenvalue weighted by Crippen LogP contribution is 2.29. The van der Waals surface area contributed by atoms with Crippen LogP contribution in [0.5, 0.6) is 0 Å². The van der Waals surface area contributed by atoms with Gasteiger partial charge in [-0.3, -0.25) is 14.5 Å². The molecule has 2 heterocycles. The average molecular weight is 492 g/mol. The molecule has 0 spiro atoms. The largest absolute Gasteiger partial charge is 0.444 e. The highest BCUT2D eigenvalue weighted by atomic mass is 79.9. The molecule has 10 heteroatoms. The van der Waals surface area contributed by atoms with Crippen LogP contribution in [0.15, 0.2) is 39.9 Å². The lowest BCUT2D eigenvalue weighted by atomic mass is 10.0. The van der Waals surface area contributed by atoms with Crippen LogP contribution in [-0.4, -0.2) is 57.1 Å². The molecule has 0 radical (unpaired) electrons. The minimum absolute atomic E-state index is 0.175. The molecule has 3 rings (SSSR count). The normalized spacial score (nSPS) is 17.0. The van der Waals surface area contributed by atoms with Gasteiger partial charge in [0.25, 0.3) is 5.56 Å². The van der Waals surface area contributed by atoms with E-state index in [1.54, 1.807) is 70.2 Å². The van der Waals surface area contributed by atoms with Gasteiger partial charge in [-0.25, -0.2) is 9.78 Å². The second-order valence-electron chi connectivity index (χ2n) is 8.41. The van der Waals surface area contributed by atoms with E-state index in [2.05, 4.69) is 26.2 Å². The molecule has 1 N–H and O–H groups in total. The van der Waals surface area contributed by atoms with E-state index >= 15 is 0 Å². The summed E-state index contributed by atoms with van der Waals surface area (Å²) in [4.78, 5) is 45.1. The van der Waals surface area contributed by atoms with Gasteiger partial charge in [0.15, 0.2) is 5.82 Å². The first-order chi connectivity index (χ1) is 14.5. The van der Waals surface area contributed by atoms with Crippen LogP contribution in [0.4, 0.5) is 16.3 Å². The fraction of sp³-hybridized carbons (Fsp3) is 0.429.